The Bertz CT molecular complexity index is 1460. The van der Waals surface area contributed by atoms with E-state index in [4.69, 9.17) is 0 Å². The van der Waals surface area contributed by atoms with E-state index in [9.17, 15) is 14.7 Å². The van der Waals surface area contributed by atoms with Crippen LogP contribution in [0, 0.1) is 6.92 Å². The van der Waals surface area contributed by atoms with Crippen molar-refractivity contribution < 1.29 is 9.90 Å². The maximum absolute atomic E-state index is 13.2. The van der Waals surface area contributed by atoms with E-state index < -0.39 is 0 Å². The van der Waals surface area contributed by atoms with Crippen molar-refractivity contribution in [2.45, 2.75) is 33.1 Å². The summed E-state index contributed by atoms with van der Waals surface area (Å²) in [4.78, 5) is 30.5. The number of aromatic hydroxyl groups is 1. The van der Waals surface area contributed by atoms with Gasteiger partial charge in [0.25, 0.3) is 11.5 Å². The van der Waals surface area contributed by atoms with E-state index in [2.05, 4.69) is 22.5 Å². The van der Waals surface area contributed by atoms with Crippen LogP contribution >= 0.6 is 0 Å². The summed E-state index contributed by atoms with van der Waals surface area (Å²) >= 11 is 0. The van der Waals surface area contributed by atoms with Crippen LogP contribution < -0.4 is 16.2 Å². The number of nitrogens with one attached hydrogen (secondary N) is 2. The van der Waals surface area contributed by atoms with Crippen LogP contribution in [0.25, 0.3) is 11.3 Å². The molecule has 4 aromatic rings. The third kappa shape index (κ3) is 5.46. The average molecular weight is 483 g/mol. The maximum Gasteiger partial charge on any atom is 0.293 e. The van der Waals surface area contributed by atoms with Gasteiger partial charge in [-0.1, -0.05) is 49.7 Å². The number of nitrogens with zero attached hydrogens (tertiary/aromatic N) is 2. The Hall–Kier alpha value is -4.39. The van der Waals surface area contributed by atoms with E-state index in [-0.39, 0.29) is 23.0 Å². The number of aromatic nitrogens is 2. The third-order valence-corrected chi connectivity index (χ3v) is 6.10. The van der Waals surface area contributed by atoms with Crippen molar-refractivity contribution >= 4 is 23.1 Å². The average Bonchev–Trinajstić information content (AvgIpc) is 2.87. The fraction of sp³-hybridized carbons (Fsp3) is 0.207. The highest BCUT2D eigenvalue weighted by Crippen LogP contribution is 2.29. The molecule has 1 heterocycles. The highest BCUT2D eigenvalue weighted by Gasteiger charge is 2.16. The van der Waals surface area contributed by atoms with Crippen molar-refractivity contribution in [1.29, 1.82) is 0 Å². The lowest BCUT2D eigenvalue weighted by atomic mass is 10.0. The largest absolute Gasteiger partial charge is 0.508 e. The molecule has 0 saturated carbocycles. The lowest BCUT2D eigenvalue weighted by Gasteiger charge is -2.15. The minimum atomic E-state index is -0.298. The maximum atomic E-state index is 13.2. The van der Waals surface area contributed by atoms with Gasteiger partial charge in [-0.25, -0.2) is 4.98 Å². The predicted octanol–water partition coefficient (Wildman–Crippen LogP) is 5.80. The van der Waals surface area contributed by atoms with E-state index >= 15 is 0 Å². The minimum Gasteiger partial charge on any atom is -0.508 e. The normalized spacial score (nSPS) is 10.8. The number of hydrogen-bond acceptors (Lipinski definition) is 5. The number of rotatable bonds is 8. The summed E-state index contributed by atoms with van der Waals surface area (Å²) in [5, 5.41) is 15.8. The molecule has 1 aromatic heterocycles. The van der Waals surface area contributed by atoms with Gasteiger partial charge in [0.2, 0.25) is 0 Å². The summed E-state index contributed by atoms with van der Waals surface area (Å²) in [6.07, 6.45) is 4.61. The summed E-state index contributed by atoms with van der Waals surface area (Å²) in [5.41, 5.74) is 4.86. The topological polar surface area (TPSA) is 96.2 Å². The second-order valence-electron chi connectivity index (χ2n) is 8.76. The van der Waals surface area contributed by atoms with Crippen LogP contribution in [-0.4, -0.2) is 20.6 Å². The molecule has 7 heteroatoms. The summed E-state index contributed by atoms with van der Waals surface area (Å²) in [5.74, 6) is 0.0736. The summed E-state index contributed by atoms with van der Waals surface area (Å²) in [7, 11) is 1.66. The zero-order valence-electron chi connectivity index (χ0n) is 20.7. The number of hydrogen-bond donors (Lipinski definition) is 3. The van der Waals surface area contributed by atoms with Crippen LogP contribution in [0.15, 0.2) is 77.7 Å². The molecule has 0 aliphatic carbocycles. The van der Waals surface area contributed by atoms with Crippen molar-refractivity contribution in [3.05, 3.63) is 100.0 Å². The van der Waals surface area contributed by atoms with Crippen molar-refractivity contribution in [3.63, 3.8) is 0 Å². The van der Waals surface area contributed by atoms with E-state index in [1.165, 1.54) is 10.6 Å². The number of phenols is 1. The molecule has 0 fully saturated rings. The number of anilines is 3. The van der Waals surface area contributed by atoms with E-state index in [1.54, 1.807) is 31.4 Å². The Labute approximate surface area is 210 Å². The molecule has 0 saturated heterocycles. The van der Waals surface area contributed by atoms with Crippen LogP contribution in [0.4, 0.5) is 17.2 Å². The van der Waals surface area contributed by atoms with Crippen LogP contribution in [0.5, 0.6) is 5.75 Å². The second-order valence-corrected chi connectivity index (χ2v) is 8.76. The zero-order chi connectivity index (χ0) is 25.7. The van der Waals surface area contributed by atoms with Gasteiger partial charge in [0.15, 0.2) is 5.82 Å². The fourth-order valence-corrected chi connectivity index (χ4v) is 4.10. The standard InChI is InChI=1S/C29H30N4O3/c1-4-5-10-20-11-6-7-14-24(20)28(35)32-25-16-9-15-23(19(25)2)26-18-33(3)29(36)27(31-26)30-21-12-8-13-22(34)17-21/h6-9,11-18,34H,4-5,10H2,1-3H3,(H,30,31)(H,32,35). The molecular formula is C29H30N4O3. The molecule has 0 radical (unpaired) electrons. The van der Waals surface area contributed by atoms with Crippen LogP contribution in [0.2, 0.25) is 0 Å². The Morgan fingerprint density at radius 1 is 1.06 bits per heavy atom. The minimum absolute atomic E-state index is 0.0866. The van der Waals surface area contributed by atoms with Gasteiger partial charge in [-0.2, -0.15) is 0 Å². The fourth-order valence-electron chi connectivity index (χ4n) is 4.10. The van der Waals surface area contributed by atoms with Gasteiger partial charge in [-0.3, -0.25) is 9.59 Å². The number of benzene rings is 3. The summed E-state index contributed by atoms with van der Waals surface area (Å²) in [6.45, 7) is 4.05. The lowest BCUT2D eigenvalue weighted by Crippen LogP contribution is -2.21. The molecule has 0 aliphatic rings. The first-order chi connectivity index (χ1) is 17.4. The van der Waals surface area contributed by atoms with Crippen LogP contribution in [0.3, 0.4) is 0 Å². The third-order valence-electron chi connectivity index (χ3n) is 6.10. The summed E-state index contributed by atoms with van der Waals surface area (Å²) < 4.78 is 1.46. The van der Waals surface area contributed by atoms with Gasteiger partial charge in [0.05, 0.1) is 5.69 Å². The lowest BCUT2D eigenvalue weighted by molar-refractivity contribution is 0.102. The molecule has 184 valence electrons. The number of amides is 1. The number of unbranched alkanes of at least 4 members (excludes halogenated alkanes) is 1. The van der Waals surface area contributed by atoms with Crippen molar-refractivity contribution in [1.82, 2.24) is 9.55 Å². The monoisotopic (exact) mass is 482 g/mol. The van der Waals surface area contributed by atoms with E-state index in [0.29, 0.717) is 22.6 Å². The van der Waals surface area contributed by atoms with Gasteiger partial charge < -0.3 is 20.3 Å². The van der Waals surface area contributed by atoms with E-state index in [0.717, 1.165) is 36.0 Å². The highest BCUT2D eigenvalue weighted by molar-refractivity contribution is 6.06. The van der Waals surface area contributed by atoms with Crippen LogP contribution in [0.1, 0.15) is 41.3 Å². The molecule has 0 spiro atoms. The molecule has 0 aliphatic heterocycles. The molecule has 3 aromatic carbocycles. The summed E-state index contributed by atoms with van der Waals surface area (Å²) in [6, 6.07) is 19.8. The zero-order valence-corrected chi connectivity index (χ0v) is 20.7. The molecule has 7 nitrogen and oxygen atoms in total. The number of carbonyl (C=O) groups excluding carboxylic acids is 1. The first kappa shape index (κ1) is 24.7. The van der Waals surface area contributed by atoms with Crippen molar-refractivity contribution in [3.8, 4) is 17.0 Å². The van der Waals surface area contributed by atoms with Gasteiger partial charge >= 0.3 is 0 Å². The highest BCUT2D eigenvalue weighted by atomic mass is 16.3. The smallest absolute Gasteiger partial charge is 0.293 e. The Morgan fingerprint density at radius 3 is 2.61 bits per heavy atom. The Morgan fingerprint density at radius 2 is 1.83 bits per heavy atom. The first-order valence-corrected chi connectivity index (χ1v) is 12.0. The first-order valence-electron chi connectivity index (χ1n) is 12.0. The van der Waals surface area contributed by atoms with Crippen LogP contribution in [-0.2, 0) is 13.5 Å². The van der Waals surface area contributed by atoms with Gasteiger partial charge in [0.1, 0.15) is 5.75 Å². The second kappa shape index (κ2) is 10.9. The predicted molar refractivity (Wildman–Crippen MR) is 144 cm³/mol. The van der Waals surface area contributed by atoms with Gasteiger partial charge in [-0.15, -0.1) is 0 Å². The molecule has 4 rings (SSSR count). The Balaban J connectivity index is 1.66. The molecule has 0 atom stereocenters. The molecule has 36 heavy (non-hydrogen) atoms. The number of aryl methyl sites for hydroxylation is 2. The van der Waals surface area contributed by atoms with Gasteiger partial charge in [0, 0.05) is 41.8 Å². The number of carbonyl (C=O) groups is 1. The molecule has 3 N–H and O–H groups in total. The van der Waals surface area contributed by atoms with Crippen molar-refractivity contribution in [2.24, 2.45) is 7.05 Å². The van der Waals surface area contributed by atoms with E-state index in [1.807, 2.05) is 49.4 Å². The molecule has 0 bridgehead atoms. The van der Waals surface area contributed by atoms with Gasteiger partial charge in [-0.05, 0) is 55.2 Å². The SMILES string of the molecule is CCCCc1ccccc1C(=O)Nc1cccc(-c2cn(C)c(=O)c(Nc3cccc(O)c3)n2)c1C. The quantitative estimate of drug-likeness (QED) is 0.295. The number of phenolic OH excluding ortho intramolecular Hbond substituents is 1. The Kier molecular flexibility index (Phi) is 7.49. The van der Waals surface area contributed by atoms with Crippen molar-refractivity contribution in [2.75, 3.05) is 10.6 Å². The molecule has 1 amide bonds. The molecule has 0 unspecified atom stereocenters. The molecular weight excluding hydrogens is 452 g/mol.